The van der Waals surface area contributed by atoms with Gasteiger partial charge in [-0.1, -0.05) is 0 Å². The van der Waals surface area contributed by atoms with Crippen LogP contribution in [0.5, 0.6) is 0 Å². The van der Waals surface area contributed by atoms with E-state index >= 15 is 0 Å². The predicted octanol–water partition coefficient (Wildman–Crippen LogP) is 2.26. The zero-order chi connectivity index (χ0) is 16.4. The Bertz CT molecular complexity index is 228. The smallest absolute Gasteiger partial charge is 0.184 e. The van der Waals surface area contributed by atoms with Crippen LogP contribution in [0.3, 0.4) is 0 Å². The van der Waals surface area contributed by atoms with Gasteiger partial charge in [0.1, 0.15) is 0 Å². The lowest BCUT2D eigenvalue weighted by Gasteiger charge is -2.28. The van der Waals surface area contributed by atoms with E-state index in [2.05, 4.69) is 64.5 Å². The first-order valence-electron chi connectivity index (χ1n) is 6.77. The lowest BCUT2D eigenvalue weighted by Crippen LogP contribution is -2.38. The average Bonchev–Trinajstić information content (AvgIpc) is 2.31. The molecule has 0 aliphatic heterocycles. The van der Waals surface area contributed by atoms with Crippen molar-refractivity contribution in [2.75, 3.05) is 24.7 Å². The van der Waals surface area contributed by atoms with Gasteiger partial charge in [0.05, 0.1) is 25.4 Å². The lowest BCUT2D eigenvalue weighted by molar-refractivity contribution is 0.114. The zero-order valence-corrected chi connectivity index (χ0v) is 17.4. The van der Waals surface area contributed by atoms with Crippen LogP contribution in [0.15, 0.2) is 0 Å². The van der Waals surface area contributed by atoms with Crippen LogP contribution in [0.1, 0.15) is 0 Å². The molecule has 0 aromatic carbocycles. The summed E-state index contributed by atoms with van der Waals surface area (Å²) in [5.41, 5.74) is 0. The predicted molar refractivity (Wildman–Crippen MR) is 98.3 cm³/mol. The summed E-state index contributed by atoms with van der Waals surface area (Å²) in [5, 5.41) is 16.4. The van der Waals surface area contributed by atoms with E-state index in [1.807, 2.05) is 0 Å². The van der Waals surface area contributed by atoms with E-state index in [1.165, 1.54) is 0 Å². The second-order valence-electron chi connectivity index (χ2n) is 6.48. The number of aliphatic hydroxyl groups is 2. The lowest BCUT2D eigenvalue weighted by atomic mass is 10.4. The number of rotatable bonds is 8. The first kappa shape index (κ1) is 23.2. The summed E-state index contributed by atoms with van der Waals surface area (Å²) >= 11 is 7.98. The highest BCUT2D eigenvalue weighted by molar-refractivity contribution is 7.80. The highest BCUT2D eigenvalue weighted by Crippen LogP contribution is 2.11. The number of thiol groups is 2. The van der Waals surface area contributed by atoms with Crippen LogP contribution in [0.4, 0.5) is 0 Å². The van der Waals surface area contributed by atoms with Crippen LogP contribution in [0.25, 0.3) is 0 Å². The molecule has 2 atom stereocenters. The fourth-order valence-electron chi connectivity index (χ4n) is 1.02. The molecule has 0 bridgehead atoms. The molecule has 0 saturated carbocycles. The van der Waals surface area contributed by atoms with E-state index in [9.17, 15) is 0 Å². The summed E-state index contributed by atoms with van der Waals surface area (Å²) in [7, 11) is -2.86. The SMILES string of the molecule is C[Si](C)(C)OCC(CS)O[Si](C)(C)C.OCC(O)CS. The number of hydrogen-bond donors (Lipinski definition) is 4. The highest BCUT2D eigenvalue weighted by atomic mass is 32.1. The maximum absolute atomic E-state index is 8.34. The van der Waals surface area contributed by atoms with Crippen molar-refractivity contribution in [3.05, 3.63) is 0 Å². The van der Waals surface area contributed by atoms with Gasteiger partial charge in [-0.05, 0) is 39.3 Å². The van der Waals surface area contributed by atoms with Crippen molar-refractivity contribution in [3.8, 4) is 0 Å². The zero-order valence-electron chi connectivity index (χ0n) is 13.6. The van der Waals surface area contributed by atoms with Crippen LogP contribution in [-0.2, 0) is 8.85 Å². The molecule has 0 aromatic heterocycles. The van der Waals surface area contributed by atoms with E-state index in [0.29, 0.717) is 12.4 Å². The van der Waals surface area contributed by atoms with E-state index in [1.54, 1.807) is 0 Å². The quantitative estimate of drug-likeness (QED) is 0.396. The summed E-state index contributed by atoms with van der Waals surface area (Å²) < 4.78 is 11.8. The largest absolute Gasteiger partial charge is 0.415 e. The van der Waals surface area contributed by atoms with Crippen LogP contribution in [0, 0.1) is 0 Å². The Labute approximate surface area is 137 Å². The summed E-state index contributed by atoms with van der Waals surface area (Å²) in [6, 6.07) is 0. The monoisotopic (exact) mass is 360 g/mol. The average molecular weight is 361 g/mol. The number of hydrogen-bond acceptors (Lipinski definition) is 6. The van der Waals surface area contributed by atoms with E-state index in [4.69, 9.17) is 19.1 Å². The number of aliphatic hydroxyl groups excluding tert-OH is 2. The minimum Gasteiger partial charge on any atom is -0.415 e. The van der Waals surface area contributed by atoms with Gasteiger partial charge >= 0.3 is 0 Å². The Kier molecular flexibility index (Phi) is 13.4. The van der Waals surface area contributed by atoms with Gasteiger partial charge in [-0.2, -0.15) is 25.3 Å². The van der Waals surface area contributed by atoms with Gasteiger partial charge in [0.15, 0.2) is 16.6 Å². The molecule has 0 radical (unpaired) electrons. The molecule has 0 spiro atoms. The second-order valence-corrected chi connectivity index (χ2v) is 16.2. The molecular formula is C12H32O4S2Si2. The molecule has 2 unspecified atom stereocenters. The first-order chi connectivity index (χ1) is 8.95. The third-order valence-electron chi connectivity index (χ3n) is 1.85. The summed E-state index contributed by atoms with van der Waals surface area (Å²) in [5.74, 6) is 1.07. The minimum absolute atomic E-state index is 0.164. The van der Waals surface area contributed by atoms with Crippen molar-refractivity contribution in [2.45, 2.75) is 51.5 Å². The van der Waals surface area contributed by atoms with Crippen molar-refractivity contribution in [2.24, 2.45) is 0 Å². The van der Waals surface area contributed by atoms with Crippen molar-refractivity contribution in [1.82, 2.24) is 0 Å². The van der Waals surface area contributed by atoms with Crippen molar-refractivity contribution in [1.29, 1.82) is 0 Å². The highest BCUT2D eigenvalue weighted by Gasteiger charge is 2.22. The molecule has 8 heteroatoms. The molecule has 124 valence electrons. The molecule has 0 rings (SSSR count). The third-order valence-corrected chi connectivity index (χ3v) is 4.75. The second kappa shape index (κ2) is 11.5. The van der Waals surface area contributed by atoms with Gasteiger partial charge < -0.3 is 19.1 Å². The van der Waals surface area contributed by atoms with E-state index < -0.39 is 22.7 Å². The Morgan fingerprint density at radius 3 is 1.65 bits per heavy atom. The molecule has 0 aromatic rings. The summed E-state index contributed by atoms with van der Waals surface area (Å²) in [6.07, 6.45) is -0.481. The Hall–Kier alpha value is 0.974. The van der Waals surface area contributed by atoms with Gasteiger partial charge in [-0.25, -0.2) is 0 Å². The molecule has 0 amide bonds. The van der Waals surface area contributed by atoms with Crippen molar-refractivity contribution in [3.63, 3.8) is 0 Å². The van der Waals surface area contributed by atoms with Gasteiger partial charge in [0, 0.05) is 11.5 Å². The van der Waals surface area contributed by atoms with Gasteiger partial charge in [-0.15, -0.1) is 0 Å². The Morgan fingerprint density at radius 1 is 0.950 bits per heavy atom. The summed E-state index contributed by atoms with van der Waals surface area (Å²) in [6.45, 7) is 13.7. The van der Waals surface area contributed by atoms with Gasteiger partial charge in [0.2, 0.25) is 0 Å². The Morgan fingerprint density at radius 2 is 1.45 bits per heavy atom. The molecule has 0 aliphatic rings. The topological polar surface area (TPSA) is 58.9 Å². The Balaban J connectivity index is 0. The molecule has 20 heavy (non-hydrogen) atoms. The molecular weight excluding hydrogens is 328 g/mol. The van der Waals surface area contributed by atoms with Crippen LogP contribution in [0.2, 0.25) is 39.3 Å². The molecule has 0 fully saturated rings. The van der Waals surface area contributed by atoms with Crippen LogP contribution >= 0.6 is 25.3 Å². The minimum atomic E-state index is -1.45. The molecule has 0 heterocycles. The normalized spacial score (nSPS) is 15.3. The van der Waals surface area contributed by atoms with Crippen LogP contribution < -0.4 is 0 Å². The standard InChI is InChI=1S/C9H24O2SSi2.C3H8O2S/c1-13(2,3)10-7-9(8-12)11-14(4,5)6;4-1-3(5)2-6/h9,12H,7-8H2,1-6H3;3-6H,1-2H2. The fraction of sp³-hybridized carbons (Fsp3) is 1.00. The molecule has 2 N–H and O–H groups in total. The van der Waals surface area contributed by atoms with E-state index in [0.717, 1.165) is 5.75 Å². The van der Waals surface area contributed by atoms with Crippen LogP contribution in [-0.4, -0.2) is 63.8 Å². The van der Waals surface area contributed by atoms with E-state index in [-0.39, 0.29) is 12.7 Å². The maximum Gasteiger partial charge on any atom is 0.184 e. The molecule has 0 saturated heterocycles. The molecule has 0 aliphatic carbocycles. The maximum atomic E-state index is 8.34. The van der Waals surface area contributed by atoms with Gasteiger partial charge in [-0.3, -0.25) is 0 Å². The first-order valence-corrected chi connectivity index (χ1v) is 14.9. The van der Waals surface area contributed by atoms with Gasteiger partial charge in [0.25, 0.3) is 0 Å². The van der Waals surface area contributed by atoms with Crippen molar-refractivity contribution >= 4 is 41.9 Å². The summed E-state index contributed by atoms with van der Waals surface area (Å²) in [4.78, 5) is 0. The fourth-order valence-corrected chi connectivity index (χ4v) is 3.30. The third kappa shape index (κ3) is 19.0. The molecule has 4 nitrogen and oxygen atoms in total. The van der Waals surface area contributed by atoms with Crippen molar-refractivity contribution < 1.29 is 19.1 Å².